The first-order valence-corrected chi connectivity index (χ1v) is 10.2. The van der Waals surface area contributed by atoms with E-state index in [1.54, 1.807) is 6.20 Å². The summed E-state index contributed by atoms with van der Waals surface area (Å²) in [6.45, 7) is 3.50. The standard InChI is InChI=1S/C22H24F3N5O/c1-14-18-9-10-26-20(19(18)29(2)28-14)30-11-3-4-16(13-30)21(31)27-12-15-5-7-17(8-6-15)22(23,24)25/h5-10,16H,3-4,11-13H2,1-2H3,(H,27,31). The number of pyridine rings is 1. The molecule has 31 heavy (non-hydrogen) atoms. The van der Waals surface area contributed by atoms with E-state index < -0.39 is 11.7 Å². The van der Waals surface area contributed by atoms with Gasteiger partial charge in [-0.05, 0) is 43.5 Å². The van der Waals surface area contributed by atoms with Gasteiger partial charge in [0.05, 0.1) is 17.2 Å². The van der Waals surface area contributed by atoms with Crippen LogP contribution >= 0.6 is 0 Å². The van der Waals surface area contributed by atoms with Crippen molar-refractivity contribution >= 4 is 22.6 Å². The Bertz CT molecular complexity index is 1090. The molecule has 164 valence electrons. The molecule has 0 spiro atoms. The van der Waals surface area contributed by atoms with E-state index in [1.807, 2.05) is 24.7 Å². The number of aromatic nitrogens is 3. The maximum Gasteiger partial charge on any atom is 0.416 e. The molecule has 0 aliphatic carbocycles. The highest BCUT2D eigenvalue weighted by Gasteiger charge is 2.30. The van der Waals surface area contributed by atoms with E-state index in [1.165, 1.54) is 12.1 Å². The Balaban J connectivity index is 1.43. The van der Waals surface area contributed by atoms with Crippen LogP contribution < -0.4 is 10.2 Å². The third-order valence-corrected chi connectivity index (χ3v) is 5.76. The number of hydrogen-bond acceptors (Lipinski definition) is 4. The number of fused-ring (bicyclic) bond motifs is 1. The number of alkyl halides is 3. The van der Waals surface area contributed by atoms with Crippen molar-refractivity contribution in [3.8, 4) is 0 Å². The number of carbonyl (C=O) groups excluding carboxylic acids is 1. The van der Waals surface area contributed by atoms with Crippen LogP contribution in [-0.4, -0.2) is 33.8 Å². The molecule has 1 aliphatic heterocycles. The van der Waals surface area contributed by atoms with Crippen LogP contribution in [0.2, 0.25) is 0 Å². The van der Waals surface area contributed by atoms with E-state index in [4.69, 9.17) is 0 Å². The zero-order chi connectivity index (χ0) is 22.2. The van der Waals surface area contributed by atoms with Gasteiger partial charge >= 0.3 is 6.18 Å². The van der Waals surface area contributed by atoms with Gasteiger partial charge in [0.1, 0.15) is 5.52 Å². The van der Waals surface area contributed by atoms with E-state index in [9.17, 15) is 18.0 Å². The van der Waals surface area contributed by atoms with Gasteiger partial charge < -0.3 is 10.2 Å². The summed E-state index contributed by atoms with van der Waals surface area (Å²) in [7, 11) is 1.89. The van der Waals surface area contributed by atoms with Gasteiger partial charge in [-0.1, -0.05) is 12.1 Å². The maximum absolute atomic E-state index is 12.8. The first kappa shape index (κ1) is 21.1. The molecule has 1 aromatic carbocycles. The van der Waals surface area contributed by atoms with Gasteiger partial charge in [0.15, 0.2) is 5.82 Å². The molecular weight excluding hydrogens is 407 g/mol. The van der Waals surface area contributed by atoms with E-state index in [0.29, 0.717) is 12.1 Å². The summed E-state index contributed by atoms with van der Waals surface area (Å²) in [4.78, 5) is 19.4. The van der Waals surface area contributed by atoms with Gasteiger partial charge in [-0.15, -0.1) is 0 Å². The lowest BCUT2D eigenvalue weighted by Crippen LogP contribution is -2.43. The molecule has 6 nitrogen and oxygen atoms in total. The smallest absolute Gasteiger partial charge is 0.354 e. The third kappa shape index (κ3) is 4.35. The highest BCUT2D eigenvalue weighted by Crippen LogP contribution is 2.30. The number of halogens is 3. The molecule has 1 saturated heterocycles. The van der Waals surface area contributed by atoms with Crippen molar-refractivity contribution in [2.75, 3.05) is 18.0 Å². The third-order valence-electron chi connectivity index (χ3n) is 5.76. The summed E-state index contributed by atoms with van der Waals surface area (Å²) in [6, 6.07) is 6.80. The van der Waals surface area contributed by atoms with Crippen molar-refractivity contribution in [2.45, 2.75) is 32.5 Å². The average molecular weight is 431 g/mol. The Kier molecular flexibility index (Phi) is 5.60. The fraction of sp³-hybridized carbons (Fsp3) is 0.409. The summed E-state index contributed by atoms with van der Waals surface area (Å²) >= 11 is 0. The largest absolute Gasteiger partial charge is 0.416 e. The zero-order valence-corrected chi connectivity index (χ0v) is 17.4. The molecule has 1 N–H and O–H groups in total. The Labute approximate surface area is 178 Å². The molecule has 9 heteroatoms. The van der Waals surface area contributed by atoms with E-state index in [0.717, 1.165) is 53.9 Å². The molecule has 1 aliphatic rings. The van der Waals surface area contributed by atoms with E-state index >= 15 is 0 Å². The van der Waals surface area contributed by atoms with Crippen molar-refractivity contribution in [3.63, 3.8) is 0 Å². The van der Waals surface area contributed by atoms with Crippen molar-refractivity contribution < 1.29 is 18.0 Å². The quantitative estimate of drug-likeness (QED) is 0.682. The molecule has 0 saturated carbocycles. The summed E-state index contributed by atoms with van der Waals surface area (Å²) in [5.41, 5.74) is 1.82. The molecule has 1 amide bonds. The SMILES string of the molecule is Cc1nn(C)c2c(N3CCCC(C(=O)NCc4ccc(C(F)(F)F)cc4)C3)nccc12. The average Bonchev–Trinajstić information content (AvgIpc) is 3.05. The number of hydrogen-bond donors (Lipinski definition) is 1. The molecule has 1 fully saturated rings. The number of aryl methyl sites for hydroxylation is 2. The maximum atomic E-state index is 12.8. The summed E-state index contributed by atoms with van der Waals surface area (Å²) in [6.07, 6.45) is -0.986. The van der Waals surface area contributed by atoms with Gasteiger partial charge in [0.2, 0.25) is 5.91 Å². The normalized spacial score (nSPS) is 17.2. The Morgan fingerprint density at radius 2 is 1.97 bits per heavy atom. The minimum absolute atomic E-state index is 0.0991. The molecule has 2 aromatic heterocycles. The van der Waals surface area contributed by atoms with E-state index in [2.05, 4.69) is 20.3 Å². The van der Waals surface area contributed by atoms with Crippen molar-refractivity contribution in [1.82, 2.24) is 20.1 Å². The van der Waals surface area contributed by atoms with Crippen LogP contribution in [0.5, 0.6) is 0 Å². The van der Waals surface area contributed by atoms with Crippen LogP contribution in [0.15, 0.2) is 36.5 Å². The lowest BCUT2D eigenvalue weighted by atomic mass is 9.96. The summed E-state index contributed by atoms with van der Waals surface area (Å²) < 4.78 is 39.9. The summed E-state index contributed by atoms with van der Waals surface area (Å²) in [5, 5.41) is 8.39. The lowest BCUT2D eigenvalue weighted by Gasteiger charge is -2.33. The van der Waals surface area contributed by atoms with Crippen LogP contribution in [-0.2, 0) is 24.6 Å². The Morgan fingerprint density at radius 3 is 2.68 bits per heavy atom. The number of nitrogens with zero attached hydrogens (tertiary/aromatic N) is 4. The van der Waals surface area contributed by atoms with Crippen molar-refractivity contribution in [2.24, 2.45) is 13.0 Å². The second kappa shape index (κ2) is 8.20. The predicted octanol–water partition coefficient (Wildman–Crippen LogP) is 3.83. The summed E-state index contributed by atoms with van der Waals surface area (Å²) in [5.74, 6) is 0.508. The van der Waals surface area contributed by atoms with E-state index in [-0.39, 0.29) is 18.4 Å². The topological polar surface area (TPSA) is 63.1 Å². The zero-order valence-electron chi connectivity index (χ0n) is 17.4. The number of piperidine rings is 1. The molecule has 0 radical (unpaired) electrons. The van der Waals surface area contributed by atoms with Gasteiger partial charge in [0, 0.05) is 38.3 Å². The highest BCUT2D eigenvalue weighted by atomic mass is 19.4. The minimum Gasteiger partial charge on any atom is -0.354 e. The fourth-order valence-electron chi connectivity index (χ4n) is 4.14. The molecule has 1 atom stereocenters. The lowest BCUT2D eigenvalue weighted by molar-refractivity contribution is -0.137. The molecular formula is C22H24F3N5O. The number of anilines is 1. The predicted molar refractivity (Wildman–Crippen MR) is 111 cm³/mol. The first-order valence-electron chi connectivity index (χ1n) is 10.2. The molecule has 0 bridgehead atoms. The Morgan fingerprint density at radius 1 is 1.23 bits per heavy atom. The number of carbonyl (C=O) groups is 1. The van der Waals surface area contributed by atoms with Crippen LogP contribution in [0.25, 0.3) is 10.9 Å². The van der Waals surface area contributed by atoms with Gasteiger partial charge in [-0.2, -0.15) is 18.3 Å². The molecule has 1 unspecified atom stereocenters. The van der Waals surface area contributed by atoms with Gasteiger partial charge in [0.25, 0.3) is 0 Å². The molecule has 4 rings (SSSR count). The number of amides is 1. The number of benzene rings is 1. The van der Waals surface area contributed by atoms with Crippen LogP contribution in [0.3, 0.4) is 0 Å². The molecule has 3 aromatic rings. The number of nitrogens with one attached hydrogen (secondary N) is 1. The van der Waals surface area contributed by atoms with Crippen molar-refractivity contribution in [1.29, 1.82) is 0 Å². The second-order valence-electron chi connectivity index (χ2n) is 7.94. The van der Waals surface area contributed by atoms with Gasteiger partial charge in [-0.25, -0.2) is 4.98 Å². The number of rotatable bonds is 4. The fourth-order valence-corrected chi connectivity index (χ4v) is 4.14. The van der Waals surface area contributed by atoms with Crippen molar-refractivity contribution in [3.05, 3.63) is 53.3 Å². The highest BCUT2D eigenvalue weighted by molar-refractivity contribution is 5.91. The monoisotopic (exact) mass is 431 g/mol. The van der Waals surface area contributed by atoms with Crippen LogP contribution in [0, 0.1) is 12.8 Å². The minimum atomic E-state index is -4.36. The van der Waals surface area contributed by atoms with Gasteiger partial charge in [-0.3, -0.25) is 9.48 Å². The first-order chi connectivity index (χ1) is 14.7. The van der Waals surface area contributed by atoms with Crippen LogP contribution in [0.1, 0.15) is 29.7 Å². The molecule has 3 heterocycles. The van der Waals surface area contributed by atoms with Crippen LogP contribution in [0.4, 0.5) is 19.0 Å². The Hall–Kier alpha value is -3.10. The second-order valence-corrected chi connectivity index (χ2v) is 7.94.